The van der Waals surface area contributed by atoms with Crippen LogP contribution < -0.4 is 20.1 Å². The molecule has 2 rings (SSSR count). The lowest BCUT2D eigenvalue weighted by Crippen LogP contribution is -2.40. The van der Waals surface area contributed by atoms with Gasteiger partial charge in [-0.2, -0.15) is 0 Å². The number of anilines is 1. The van der Waals surface area contributed by atoms with Gasteiger partial charge in [0.15, 0.2) is 11.5 Å². The SMILES string of the molecule is COc1ccc(CCNC(CC(=O)Nc2c(C)cc(C)cc2C)C(=O)O)cc1OC. The van der Waals surface area contributed by atoms with Gasteiger partial charge in [0, 0.05) is 5.69 Å². The lowest BCUT2D eigenvalue weighted by molar-refractivity contribution is -0.141. The Morgan fingerprint density at radius 1 is 1.00 bits per heavy atom. The molecule has 0 radical (unpaired) electrons. The van der Waals surface area contributed by atoms with Gasteiger partial charge in [-0.3, -0.25) is 9.59 Å². The van der Waals surface area contributed by atoms with Crippen LogP contribution in [0.2, 0.25) is 0 Å². The Morgan fingerprint density at radius 2 is 1.63 bits per heavy atom. The van der Waals surface area contributed by atoms with E-state index in [1.807, 2.05) is 51.1 Å². The summed E-state index contributed by atoms with van der Waals surface area (Å²) in [5, 5.41) is 15.3. The molecule has 1 atom stereocenters. The van der Waals surface area contributed by atoms with Crippen LogP contribution in [0.15, 0.2) is 30.3 Å². The van der Waals surface area contributed by atoms with E-state index in [9.17, 15) is 14.7 Å². The van der Waals surface area contributed by atoms with Gasteiger partial charge in [0.05, 0.1) is 20.6 Å². The van der Waals surface area contributed by atoms with Crippen molar-refractivity contribution >= 4 is 17.6 Å². The Kier molecular flexibility index (Phi) is 8.24. The van der Waals surface area contributed by atoms with Gasteiger partial charge >= 0.3 is 5.97 Å². The highest BCUT2D eigenvalue weighted by atomic mass is 16.5. The third-order valence-electron chi connectivity index (χ3n) is 4.88. The van der Waals surface area contributed by atoms with Gasteiger partial charge in [-0.05, 0) is 62.6 Å². The minimum absolute atomic E-state index is 0.159. The molecule has 30 heavy (non-hydrogen) atoms. The molecule has 7 heteroatoms. The van der Waals surface area contributed by atoms with Crippen LogP contribution in [0.25, 0.3) is 0 Å². The summed E-state index contributed by atoms with van der Waals surface area (Å²) < 4.78 is 10.5. The predicted molar refractivity (Wildman–Crippen MR) is 117 cm³/mol. The lowest BCUT2D eigenvalue weighted by Gasteiger charge is -2.17. The first-order valence-corrected chi connectivity index (χ1v) is 9.80. The van der Waals surface area contributed by atoms with Gasteiger partial charge in [-0.25, -0.2) is 0 Å². The fourth-order valence-corrected chi connectivity index (χ4v) is 3.43. The molecule has 3 N–H and O–H groups in total. The summed E-state index contributed by atoms with van der Waals surface area (Å²) >= 11 is 0. The van der Waals surface area contributed by atoms with E-state index in [0.717, 1.165) is 27.9 Å². The van der Waals surface area contributed by atoms with Crippen LogP contribution in [-0.4, -0.2) is 43.8 Å². The molecular formula is C23H30N2O5. The number of carbonyl (C=O) groups excluding carboxylic acids is 1. The van der Waals surface area contributed by atoms with Gasteiger partial charge in [0.1, 0.15) is 6.04 Å². The zero-order valence-electron chi connectivity index (χ0n) is 18.2. The highest BCUT2D eigenvalue weighted by Crippen LogP contribution is 2.27. The maximum absolute atomic E-state index is 12.5. The van der Waals surface area contributed by atoms with Crippen molar-refractivity contribution < 1.29 is 24.2 Å². The predicted octanol–water partition coefficient (Wildman–Crippen LogP) is 3.24. The largest absolute Gasteiger partial charge is 0.493 e. The van der Waals surface area contributed by atoms with Gasteiger partial charge in [0.2, 0.25) is 5.91 Å². The van der Waals surface area contributed by atoms with E-state index in [2.05, 4.69) is 10.6 Å². The second-order valence-corrected chi connectivity index (χ2v) is 7.31. The van der Waals surface area contributed by atoms with Crippen molar-refractivity contribution in [2.24, 2.45) is 0 Å². The van der Waals surface area contributed by atoms with Crippen LogP contribution >= 0.6 is 0 Å². The average Bonchev–Trinajstić information content (AvgIpc) is 2.69. The van der Waals surface area contributed by atoms with Crippen LogP contribution in [0, 0.1) is 20.8 Å². The fourth-order valence-electron chi connectivity index (χ4n) is 3.43. The Hall–Kier alpha value is -3.06. The highest BCUT2D eigenvalue weighted by Gasteiger charge is 2.21. The molecule has 7 nitrogen and oxygen atoms in total. The van der Waals surface area contributed by atoms with Crippen molar-refractivity contribution in [3.63, 3.8) is 0 Å². The lowest BCUT2D eigenvalue weighted by atomic mass is 10.0. The Bertz CT molecular complexity index is 887. The van der Waals surface area contributed by atoms with Crippen molar-refractivity contribution in [2.75, 3.05) is 26.1 Å². The number of amides is 1. The van der Waals surface area contributed by atoms with Crippen LogP contribution in [0.1, 0.15) is 28.7 Å². The molecule has 2 aromatic rings. The fraction of sp³-hybridized carbons (Fsp3) is 0.391. The maximum Gasteiger partial charge on any atom is 0.321 e. The summed E-state index contributed by atoms with van der Waals surface area (Å²) in [5.74, 6) is -0.144. The number of carbonyl (C=O) groups is 2. The molecule has 0 aliphatic heterocycles. The number of aryl methyl sites for hydroxylation is 3. The first-order valence-electron chi connectivity index (χ1n) is 9.80. The Labute approximate surface area is 177 Å². The second-order valence-electron chi connectivity index (χ2n) is 7.31. The van der Waals surface area contributed by atoms with Crippen molar-refractivity contribution in [3.8, 4) is 11.5 Å². The minimum Gasteiger partial charge on any atom is -0.493 e. The van der Waals surface area contributed by atoms with Crippen molar-refractivity contribution in [3.05, 3.63) is 52.6 Å². The zero-order chi connectivity index (χ0) is 22.3. The van der Waals surface area contributed by atoms with E-state index in [4.69, 9.17) is 9.47 Å². The zero-order valence-corrected chi connectivity index (χ0v) is 18.2. The van der Waals surface area contributed by atoms with Gasteiger partial charge in [-0.1, -0.05) is 23.8 Å². The Morgan fingerprint density at radius 3 is 2.20 bits per heavy atom. The molecule has 0 spiro atoms. The molecule has 0 bridgehead atoms. The molecule has 162 valence electrons. The molecule has 0 saturated heterocycles. The number of carboxylic acid groups (broad SMARTS) is 1. The number of benzene rings is 2. The average molecular weight is 415 g/mol. The second kappa shape index (κ2) is 10.6. The van der Waals surface area contributed by atoms with E-state index >= 15 is 0 Å². The molecule has 1 unspecified atom stereocenters. The first-order chi connectivity index (χ1) is 14.2. The van der Waals surface area contributed by atoms with Crippen molar-refractivity contribution in [1.82, 2.24) is 5.32 Å². The number of rotatable bonds is 10. The minimum atomic E-state index is -1.06. The number of ether oxygens (including phenoxy) is 2. The van der Waals surface area contributed by atoms with Gasteiger partial charge in [0.25, 0.3) is 0 Å². The number of carboxylic acids is 1. The third kappa shape index (κ3) is 6.22. The van der Waals surface area contributed by atoms with E-state index < -0.39 is 12.0 Å². The molecule has 0 aliphatic carbocycles. The van der Waals surface area contributed by atoms with E-state index in [1.165, 1.54) is 0 Å². The topological polar surface area (TPSA) is 96.9 Å². The van der Waals surface area contributed by atoms with E-state index in [0.29, 0.717) is 24.5 Å². The van der Waals surface area contributed by atoms with E-state index in [1.54, 1.807) is 14.2 Å². The van der Waals surface area contributed by atoms with Crippen LogP contribution in [0.3, 0.4) is 0 Å². The smallest absolute Gasteiger partial charge is 0.321 e. The molecule has 0 aromatic heterocycles. The number of hydrogen-bond donors (Lipinski definition) is 3. The Balaban J connectivity index is 1.95. The van der Waals surface area contributed by atoms with Crippen molar-refractivity contribution in [2.45, 2.75) is 39.7 Å². The van der Waals surface area contributed by atoms with Crippen LogP contribution in [0.4, 0.5) is 5.69 Å². The highest BCUT2D eigenvalue weighted by molar-refractivity contribution is 5.95. The standard InChI is InChI=1S/C23H30N2O5/c1-14-10-15(2)22(16(3)11-14)25-21(26)13-18(23(27)28)24-9-8-17-6-7-19(29-4)20(12-17)30-5/h6-7,10-12,18,24H,8-9,13H2,1-5H3,(H,25,26)(H,27,28). The number of hydrogen-bond acceptors (Lipinski definition) is 5. The van der Waals surface area contributed by atoms with E-state index in [-0.39, 0.29) is 12.3 Å². The molecule has 0 fully saturated rings. The monoisotopic (exact) mass is 414 g/mol. The van der Waals surface area contributed by atoms with Crippen molar-refractivity contribution in [1.29, 1.82) is 0 Å². The quantitative estimate of drug-likeness (QED) is 0.552. The third-order valence-corrected chi connectivity index (χ3v) is 4.88. The molecule has 2 aromatic carbocycles. The van der Waals surface area contributed by atoms with Crippen LogP contribution in [0.5, 0.6) is 11.5 Å². The summed E-state index contributed by atoms with van der Waals surface area (Å²) in [6.07, 6.45) is 0.427. The number of aliphatic carboxylic acids is 1. The summed E-state index contributed by atoms with van der Waals surface area (Å²) in [6.45, 7) is 6.24. The number of methoxy groups -OCH3 is 2. The maximum atomic E-state index is 12.5. The molecule has 0 heterocycles. The van der Waals surface area contributed by atoms with Gasteiger partial charge < -0.3 is 25.2 Å². The normalized spacial score (nSPS) is 11.6. The first kappa shape index (κ1) is 23.2. The van der Waals surface area contributed by atoms with Gasteiger partial charge in [-0.15, -0.1) is 0 Å². The summed E-state index contributed by atoms with van der Waals surface area (Å²) in [5.41, 5.74) is 4.73. The summed E-state index contributed by atoms with van der Waals surface area (Å²) in [6, 6.07) is 8.55. The molecule has 0 aliphatic rings. The molecule has 0 saturated carbocycles. The van der Waals surface area contributed by atoms with Crippen LogP contribution in [-0.2, 0) is 16.0 Å². The summed E-state index contributed by atoms with van der Waals surface area (Å²) in [7, 11) is 3.14. The molecular weight excluding hydrogens is 384 g/mol. The number of nitrogens with one attached hydrogen (secondary N) is 2. The summed E-state index contributed by atoms with van der Waals surface area (Å²) in [4.78, 5) is 24.1. The molecule has 1 amide bonds.